The molecule has 0 atom stereocenters. The summed E-state index contributed by atoms with van der Waals surface area (Å²) in [5.74, 6) is 1.84. The van der Waals surface area contributed by atoms with Crippen molar-refractivity contribution in [2.24, 2.45) is 0 Å². The molecule has 0 saturated heterocycles. The van der Waals surface area contributed by atoms with Crippen molar-refractivity contribution in [3.63, 3.8) is 0 Å². The molecule has 0 radical (unpaired) electrons. The van der Waals surface area contributed by atoms with Crippen molar-refractivity contribution in [1.82, 2.24) is 10.1 Å². The fourth-order valence-corrected chi connectivity index (χ4v) is 2.67. The molecule has 0 unspecified atom stereocenters. The molecule has 1 aromatic heterocycles. The van der Waals surface area contributed by atoms with Crippen LogP contribution >= 0.6 is 0 Å². The lowest BCUT2D eigenvalue weighted by Crippen LogP contribution is -1.94. The molecule has 1 aromatic carbocycles. The van der Waals surface area contributed by atoms with Crippen molar-refractivity contribution in [2.75, 3.05) is 0 Å². The van der Waals surface area contributed by atoms with Gasteiger partial charge in [0.05, 0.1) is 11.6 Å². The predicted octanol–water partition coefficient (Wildman–Crippen LogP) is 3.57. The molecule has 3 rings (SSSR count). The third-order valence-corrected chi connectivity index (χ3v) is 3.75. The normalized spacial score (nSPS) is 15.6. The molecule has 0 spiro atoms. The highest BCUT2D eigenvalue weighted by Gasteiger charge is 2.23. The van der Waals surface area contributed by atoms with Crippen molar-refractivity contribution in [1.29, 1.82) is 5.26 Å². The highest BCUT2D eigenvalue weighted by Crippen LogP contribution is 2.33. The second-order valence-electron chi connectivity index (χ2n) is 5.08. The second kappa shape index (κ2) is 4.85. The van der Waals surface area contributed by atoms with Crippen LogP contribution in [0.4, 0.5) is 0 Å². The van der Waals surface area contributed by atoms with E-state index in [4.69, 9.17) is 9.78 Å². The molecule has 0 aliphatic heterocycles. The largest absolute Gasteiger partial charge is 0.334 e. The molecule has 1 aliphatic rings. The van der Waals surface area contributed by atoms with Gasteiger partial charge in [-0.3, -0.25) is 0 Å². The van der Waals surface area contributed by atoms with Gasteiger partial charge in [0.25, 0.3) is 5.89 Å². The van der Waals surface area contributed by atoms with Crippen LogP contribution in [0.2, 0.25) is 0 Å². The van der Waals surface area contributed by atoms with E-state index in [-0.39, 0.29) is 0 Å². The van der Waals surface area contributed by atoms with Crippen LogP contribution in [0.15, 0.2) is 22.7 Å². The summed E-state index contributed by atoms with van der Waals surface area (Å²) < 4.78 is 5.37. The van der Waals surface area contributed by atoms with Gasteiger partial charge < -0.3 is 4.52 Å². The molecular weight excluding hydrogens is 238 g/mol. The van der Waals surface area contributed by atoms with Crippen LogP contribution in [0.1, 0.15) is 48.6 Å². The van der Waals surface area contributed by atoms with Gasteiger partial charge in [-0.2, -0.15) is 10.2 Å². The van der Waals surface area contributed by atoms with E-state index in [0.717, 1.165) is 29.8 Å². The van der Waals surface area contributed by atoms with Crippen molar-refractivity contribution in [3.8, 4) is 17.5 Å². The summed E-state index contributed by atoms with van der Waals surface area (Å²) >= 11 is 0. The standard InChI is InChI=1S/C15H15N3O/c1-10-8-11(9-16)6-7-13(10)15-17-14(18-19-15)12-4-2-3-5-12/h6-8,12H,2-5H2,1H3. The van der Waals surface area contributed by atoms with Crippen molar-refractivity contribution >= 4 is 0 Å². The van der Waals surface area contributed by atoms with Crippen LogP contribution in [-0.4, -0.2) is 10.1 Å². The highest BCUT2D eigenvalue weighted by atomic mass is 16.5. The van der Waals surface area contributed by atoms with Crippen LogP contribution in [0.5, 0.6) is 0 Å². The van der Waals surface area contributed by atoms with Gasteiger partial charge in [-0.15, -0.1) is 0 Å². The van der Waals surface area contributed by atoms with Gasteiger partial charge >= 0.3 is 0 Å². The van der Waals surface area contributed by atoms with Crippen LogP contribution in [0.25, 0.3) is 11.5 Å². The smallest absolute Gasteiger partial charge is 0.258 e. The molecule has 19 heavy (non-hydrogen) atoms. The van der Waals surface area contributed by atoms with Gasteiger partial charge in [0, 0.05) is 11.5 Å². The summed E-state index contributed by atoms with van der Waals surface area (Å²) in [6.45, 7) is 1.95. The second-order valence-corrected chi connectivity index (χ2v) is 5.08. The maximum atomic E-state index is 8.87. The van der Waals surface area contributed by atoms with Crippen LogP contribution in [0, 0.1) is 18.3 Å². The SMILES string of the molecule is Cc1cc(C#N)ccc1-c1nc(C2CCCC2)no1. The zero-order valence-electron chi connectivity index (χ0n) is 10.9. The summed E-state index contributed by atoms with van der Waals surface area (Å²) in [6.07, 6.45) is 4.82. The third-order valence-electron chi connectivity index (χ3n) is 3.75. The fraction of sp³-hybridized carbons (Fsp3) is 0.400. The first-order valence-electron chi connectivity index (χ1n) is 6.62. The molecule has 0 amide bonds. The number of hydrogen-bond acceptors (Lipinski definition) is 4. The Morgan fingerprint density at radius 3 is 2.79 bits per heavy atom. The van der Waals surface area contributed by atoms with E-state index >= 15 is 0 Å². The summed E-state index contributed by atoms with van der Waals surface area (Å²) in [5.41, 5.74) is 2.55. The molecular formula is C15H15N3O. The third kappa shape index (κ3) is 2.24. The predicted molar refractivity (Wildman–Crippen MR) is 70.4 cm³/mol. The first-order chi connectivity index (χ1) is 9.28. The van der Waals surface area contributed by atoms with Crippen molar-refractivity contribution in [3.05, 3.63) is 35.2 Å². The van der Waals surface area contributed by atoms with E-state index in [2.05, 4.69) is 16.2 Å². The van der Waals surface area contributed by atoms with Gasteiger partial charge in [0.1, 0.15) is 0 Å². The first-order valence-corrected chi connectivity index (χ1v) is 6.62. The Labute approximate surface area is 112 Å². The lowest BCUT2D eigenvalue weighted by molar-refractivity contribution is 0.415. The fourth-order valence-electron chi connectivity index (χ4n) is 2.67. The maximum Gasteiger partial charge on any atom is 0.258 e. The number of aromatic nitrogens is 2. The summed E-state index contributed by atoms with van der Waals surface area (Å²) in [7, 11) is 0. The van der Waals surface area contributed by atoms with E-state index < -0.39 is 0 Å². The van der Waals surface area contributed by atoms with Gasteiger partial charge in [-0.05, 0) is 43.5 Å². The molecule has 0 bridgehead atoms. The maximum absolute atomic E-state index is 8.87. The van der Waals surface area contributed by atoms with Gasteiger partial charge in [-0.25, -0.2) is 0 Å². The average Bonchev–Trinajstić information content (AvgIpc) is 3.09. The molecule has 1 heterocycles. The topological polar surface area (TPSA) is 62.7 Å². The number of hydrogen-bond donors (Lipinski definition) is 0. The Hall–Kier alpha value is -2.15. The van der Waals surface area contributed by atoms with Gasteiger partial charge in [0.15, 0.2) is 5.82 Å². The van der Waals surface area contributed by atoms with Crippen LogP contribution < -0.4 is 0 Å². The Balaban J connectivity index is 1.92. The minimum atomic E-state index is 0.455. The molecule has 1 fully saturated rings. The lowest BCUT2D eigenvalue weighted by atomic mass is 10.1. The molecule has 1 saturated carbocycles. The Morgan fingerprint density at radius 2 is 2.11 bits per heavy atom. The minimum Gasteiger partial charge on any atom is -0.334 e. The highest BCUT2D eigenvalue weighted by molar-refractivity contribution is 5.60. The molecule has 0 N–H and O–H groups in total. The lowest BCUT2D eigenvalue weighted by Gasteiger charge is -2.01. The average molecular weight is 253 g/mol. The number of rotatable bonds is 2. The monoisotopic (exact) mass is 253 g/mol. The van der Waals surface area contributed by atoms with Crippen LogP contribution in [0.3, 0.4) is 0 Å². The zero-order valence-corrected chi connectivity index (χ0v) is 10.9. The quantitative estimate of drug-likeness (QED) is 0.820. The molecule has 4 nitrogen and oxygen atoms in total. The van der Waals surface area contributed by atoms with Crippen molar-refractivity contribution < 1.29 is 4.52 Å². The molecule has 1 aliphatic carbocycles. The Kier molecular flexibility index (Phi) is 3.04. The van der Waals surface area contributed by atoms with E-state index in [1.54, 1.807) is 6.07 Å². The van der Waals surface area contributed by atoms with Gasteiger partial charge in [-0.1, -0.05) is 18.0 Å². The van der Waals surface area contributed by atoms with E-state index in [9.17, 15) is 0 Å². The number of nitriles is 1. The minimum absolute atomic E-state index is 0.455. The van der Waals surface area contributed by atoms with Gasteiger partial charge in [0.2, 0.25) is 0 Å². The summed E-state index contributed by atoms with van der Waals surface area (Å²) in [6, 6.07) is 7.63. The molecule has 96 valence electrons. The van der Waals surface area contributed by atoms with Crippen molar-refractivity contribution in [2.45, 2.75) is 38.5 Å². The Bertz CT molecular complexity index is 633. The molecule has 4 heteroatoms. The first kappa shape index (κ1) is 11.9. The molecule has 2 aromatic rings. The number of nitrogens with zero attached hydrogens (tertiary/aromatic N) is 3. The Morgan fingerprint density at radius 1 is 1.32 bits per heavy atom. The summed E-state index contributed by atoms with van der Waals surface area (Å²) in [4.78, 5) is 4.52. The van der Waals surface area contributed by atoms with Crippen LogP contribution in [-0.2, 0) is 0 Å². The van der Waals surface area contributed by atoms with E-state index in [1.807, 2.05) is 19.1 Å². The van der Waals surface area contributed by atoms with E-state index in [0.29, 0.717) is 17.4 Å². The number of aryl methyl sites for hydroxylation is 1. The zero-order chi connectivity index (χ0) is 13.2. The van der Waals surface area contributed by atoms with E-state index in [1.165, 1.54) is 12.8 Å². The number of benzene rings is 1. The summed E-state index contributed by atoms with van der Waals surface area (Å²) in [5, 5.41) is 13.0.